The molecule has 0 aliphatic rings. The summed E-state index contributed by atoms with van der Waals surface area (Å²) in [6.07, 6.45) is -65.2. The van der Waals surface area contributed by atoms with Crippen LogP contribution in [0.25, 0.3) is 0 Å². The second-order valence-corrected chi connectivity index (χ2v) is 6.80. The van der Waals surface area contributed by atoms with Gasteiger partial charge in [0.2, 0.25) is 0 Å². The molecule has 0 N–H and O–H groups in total. The lowest BCUT2D eigenvalue weighted by Crippen LogP contribution is -2.67. The summed E-state index contributed by atoms with van der Waals surface area (Å²) in [7, 11) is 0. The molecule has 0 aromatic rings. The van der Waals surface area contributed by atoms with Crippen molar-refractivity contribution < 1.29 is 133 Å². The van der Waals surface area contributed by atoms with Gasteiger partial charge in [-0.1, -0.05) is 0 Å². The lowest BCUT2D eigenvalue weighted by Gasteiger charge is -2.39. The summed E-state index contributed by atoms with van der Waals surface area (Å²) in [5.41, 5.74) is 0. The summed E-state index contributed by atoms with van der Waals surface area (Å²) < 4.78 is 335. The third-order valence-corrected chi connectivity index (χ3v) is 3.78. The van der Waals surface area contributed by atoms with Crippen molar-refractivity contribution in [1.29, 1.82) is 0 Å². The van der Waals surface area contributed by atoms with Gasteiger partial charge < -0.3 is 0 Å². The Bertz CT molecular complexity index is 949. The van der Waals surface area contributed by atoms with Crippen LogP contribution in [0.15, 0.2) is 0 Å². The van der Waals surface area contributed by atoms with Crippen molar-refractivity contribution in [2.75, 3.05) is 0 Å². The molecule has 30 heteroatoms. The maximum absolute atomic E-state index is 13.3. The first kappa shape index (κ1) is 40.0. The highest BCUT2D eigenvalue weighted by atomic mass is 19.4. The van der Waals surface area contributed by atoms with Gasteiger partial charge in [0.15, 0.2) is 0 Å². The third kappa shape index (κ3) is 6.29. The van der Waals surface area contributed by atoms with E-state index in [1.54, 1.807) is 0 Å². The van der Waals surface area contributed by atoms with E-state index in [1.165, 1.54) is 0 Å². The first-order valence-electron chi connectivity index (χ1n) is 8.31. The molecule has 0 saturated heterocycles. The first-order chi connectivity index (χ1) is 17.7. The molecule has 0 bridgehead atoms. The fourth-order valence-electron chi connectivity index (χ4n) is 1.59. The van der Waals surface area contributed by atoms with Crippen LogP contribution in [-0.4, -0.2) is 72.6 Å². The SMILES string of the molecule is FOC(F)(F)C(F)(F)C(F)(F)OC(F)(F)C(F)(F)C(F)(F)OC(F)(F)C(F)(F)C(F)(F)OC(F)(F)C(F)(F)C(F)(F)F. The van der Waals surface area contributed by atoms with E-state index in [2.05, 4.69) is 0 Å². The highest BCUT2D eigenvalue weighted by Gasteiger charge is 2.87. The van der Waals surface area contributed by atoms with Crippen molar-refractivity contribution in [3.05, 3.63) is 0 Å². The van der Waals surface area contributed by atoms with Crippen LogP contribution in [0.2, 0.25) is 0 Å². The molecule has 42 heavy (non-hydrogen) atoms. The van der Waals surface area contributed by atoms with Gasteiger partial charge in [-0.3, -0.25) is 0 Å². The van der Waals surface area contributed by atoms with Crippen molar-refractivity contribution in [2.24, 2.45) is 0 Å². The average molecular weight is 702 g/mol. The first-order valence-corrected chi connectivity index (χ1v) is 8.31. The molecular formula is C12F26O4. The topological polar surface area (TPSA) is 36.9 Å². The summed E-state index contributed by atoms with van der Waals surface area (Å²) in [5, 5.41) is 0. The molecule has 254 valence electrons. The van der Waals surface area contributed by atoms with E-state index < -0.39 is 72.6 Å². The van der Waals surface area contributed by atoms with Gasteiger partial charge in [-0.05, 0) is 4.53 Å². The predicted octanol–water partition coefficient (Wildman–Crippen LogP) is 8.19. The molecular weight excluding hydrogens is 702 g/mol. The van der Waals surface area contributed by atoms with Crippen molar-refractivity contribution in [3.8, 4) is 0 Å². The maximum atomic E-state index is 13.3. The smallest absolute Gasteiger partial charge is 0.245 e. The van der Waals surface area contributed by atoms with Crippen LogP contribution in [-0.2, 0) is 19.2 Å². The minimum Gasteiger partial charge on any atom is -0.245 e. The van der Waals surface area contributed by atoms with E-state index in [0.29, 0.717) is 0 Å². The summed E-state index contributed by atoms with van der Waals surface area (Å²) in [6.45, 7) is 0. The van der Waals surface area contributed by atoms with Crippen LogP contribution in [0.1, 0.15) is 0 Å². The Kier molecular flexibility index (Phi) is 9.81. The maximum Gasteiger partial charge on any atom is 0.462 e. The van der Waals surface area contributed by atoms with Crippen molar-refractivity contribution in [2.45, 2.75) is 72.6 Å². The van der Waals surface area contributed by atoms with Gasteiger partial charge in [0, 0.05) is 0 Å². The summed E-state index contributed by atoms with van der Waals surface area (Å²) >= 11 is 0. The molecule has 0 aliphatic carbocycles. The van der Waals surface area contributed by atoms with Crippen molar-refractivity contribution in [3.63, 3.8) is 0 Å². The fourth-order valence-corrected chi connectivity index (χ4v) is 1.59. The summed E-state index contributed by atoms with van der Waals surface area (Å²) in [6, 6.07) is 0. The van der Waals surface area contributed by atoms with Gasteiger partial charge >= 0.3 is 72.6 Å². The largest absolute Gasteiger partial charge is 0.462 e. The van der Waals surface area contributed by atoms with Gasteiger partial charge in [-0.15, -0.1) is 4.94 Å². The minimum atomic E-state index is -8.67. The Morgan fingerprint density at radius 3 is 0.571 bits per heavy atom. The molecule has 0 fully saturated rings. The lowest BCUT2D eigenvalue weighted by atomic mass is 10.2. The summed E-state index contributed by atoms with van der Waals surface area (Å²) in [5.74, 6) is -33.3. The molecule has 0 rings (SSSR count). The average Bonchev–Trinajstić information content (AvgIpc) is 2.69. The highest BCUT2D eigenvalue weighted by Crippen LogP contribution is 2.58. The van der Waals surface area contributed by atoms with Crippen LogP contribution < -0.4 is 0 Å². The van der Waals surface area contributed by atoms with E-state index >= 15 is 0 Å². The molecule has 0 aliphatic heterocycles. The molecule has 4 nitrogen and oxygen atoms in total. The van der Waals surface area contributed by atoms with E-state index in [0.717, 1.165) is 19.2 Å². The van der Waals surface area contributed by atoms with E-state index in [9.17, 15) is 114 Å². The second kappa shape index (κ2) is 10.3. The van der Waals surface area contributed by atoms with Gasteiger partial charge in [0.1, 0.15) is 0 Å². The van der Waals surface area contributed by atoms with Gasteiger partial charge in [-0.2, -0.15) is 110 Å². The number of ether oxygens (including phenoxy) is 3. The normalized spacial score (nSPS) is 16.7. The van der Waals surface area contributed by atoms with Crippen LogP contribution >= 0.6 is 0 Å². The van der Waals surface area contributed by atoms with Crippen LogP contribution in [0, 0.1) is 0 Å². The molecule has 0 amide bonds. The standard InChI is InChI=1S/C12F26O4/c13-1(14,5(21,22)23)6(24,25)39-7(26,27)2(15,16)8(28,29)40-9(30,31)3(17,18)10(32,33)41-11(34,35)4(19,20)12(36,37)42-38. The Morgan fingerprint density at radius 2 is 0.405 bits per heavy atom. The zero-order chi connectivity index (χ0) is 34.8. The molecule has 0 spiro atoms. The van der Waals surface area contributed by atoms with Gasteiger partial charge in [0.05, 0.1) is 0 Å². The third-order valence-electron chi connectivity index (χ3n) is 3.78. The molecule has 0 aromatic carbocycles. The number of hydrogen-bond acceptors (Lipinski definition) is 4. The fraction of sp³-hybridized carbons (Fsp3) is 1.00. The zero-order valence-electron chi connectivity index (χ0n) is 17.5. The molecule has 0 unspecified atom stereocenters. The summed E-state index contributed by atoms with van der Waals surface area (Å²) in [4.78, 5) is 0.889. The van der Waals surface area contributed by atoms with Crippen LogP contribution in [0.3, 0.4) is 0 Å². The Balaban J connectivity index is 6.52. The zero-order valence-corrected chi connectivity index (χ0v) is 17.5. The van der Waals surface area contributed by atoms with Crippen molar-refractivity contribution >= 4 is 0 Å². The highest BCUT2D eigenvalue weighted by molar-refractivity contribution is 4.95. The van der Waals surface area contributed by atoms with Crippen LogP contribution in [0.5, 0.6) is 0 Å². The molecule has 0 heterocycles. The van der Waals surface area contributed by atoms with Crippen molar-refractivity contribution in [1.82, 2.24) is 0 Å². The number of halogens is 26. The molecule has 0 aromatic heterocycles. The van der Waals surface area contributed by atoms with Gasteiger partial charge in [0.25, 0.3) is 0 Å². The Labute approximate surface area is 207 Å². The number of rotatable bonds is 14. The van der Waals surface area contributed by atoms with E-state index in [1.807, 2.05) is 0 Å². The van der Waals surface area contributed by atoms with E-state index in [-0.39, 0.29) is 0 Å². The second-order valence-electron chi connectivity index (χ2n) is 6.80. The quantitative estimate of drug-likeness (QED) is 0.171. The number of hydrogen-bond donors (Lipinski definition) is 0. The minimum absolute atomic E-state index is 0.877. The molecule has 0 saturated carbocycles. The van der Waals surface area contributed by atoms with Gasteiger partial charge in [-0.25, -0.2) is 14.2 Å². The number of alkyl halides is 25. The lowest BCUT2D eigenvalue weighted by molar-refractivity contribution is -0.566. The predicted molar refractivity (Wildman–Crippen MR) is 65.9 cm³/mol. The molecule has 0 atom stereocenters. The van der Waals surface area contributed by atoms with Crippen LogP contribution in [0.4, 0.5) is 114 Å². The Hall–Kier alpha value is -1.98. The Morgan fingerprint density at radius 1 is 0.238 bits per heavy atom. The van der Waals surface area contributed by atoms with E-state index in [4.69, 9.17) is 0 Å². The molecule has 0 radical (unpaired) electrons. The monoisotopic (exact) mass is 702 g/mol.